The van der Waals surface area contributed by atoms with E-state index in [1.54, 1.807) is 7.11 Å². The first-order valence-corrected chi connectivity index (χ1v) is 7.78. The molecule has 4 nitrogen and oxygen atoms in total. The maximum absolute atomic E-state index is 12.1. The minimum absolute atomic E-state index is 0.0304. The van der Waals surface area contributed by atoms with Gasteiger partial charge in [0.05, 0.1) is 13.5 Å². The summed E-state index contributed by atoms with van der Waals surface area (Å²) < 4.78 is 5.16. The van der Waals surface area contributed by atoms with E-state index in [-0.39, 0.29) is 18.4 Å². The van der Waals surface area contributed by atoms with Gasteiger partial charge >= 0.3 is 0 Å². The van der Waals surface area contributed by atoms with Crippen LogP contribution in [0.4, 0.5) is 0 Å². The summed E-state index contributed by atoms with van der Waals surface area (Å²) >= 11 is 0. The number of ether oxygens (including phenoxy) is 1. The van der Waals surface area contributed by atoms with Gasteiger partial charge in [0.25, 0.3) is 0 Å². The molecule has 0 heterocycles. The Morgan fingerprint density at radius 3 is 2.65 bits per heavy atom. The van der Waals surface area contributed by atoms with Gasteiger partial charge in [-0.3, -0.25) is 4.79 Å². The van der Waals surface area contributed by atoms with Gasteiger partial charge in [-0.05, 0) is 29.7 Å². The van der Waals surface area contributed by atoms with Crippen molar-refractivity contribution in [2.24, 2.45) is 0 Å². The SMILES string of the molecule is COc1cccc(CC(=O)NCC(CCO)c2ccccc2)c1. The molecule has 0 bridgehead atoms. The highest BCUT2D eigenvalue weighted by Crippen LogP contribution is 2.18. The van der Waals surface area contributed by atoms with Crippen LogP contribution in [-0.2, 0) is 11.2 Å². The maximum Gasteiger partial charge on any atom is 0.224 e. The lowest BCUT2D eigenvalue weighted by Gasteiger charge is -2.17. The number of amides is 1. The van der Waals surface area contributed by atoms with Crippen LogP contribution < -0.4 is 10.1 Å². The lowest BCUT2D eigenvalue weighted by Crippen LogP contribution is -2.30. The van der Waals surface area contributed by atoms with Gasteiger partial charge in [0, 0.05) is 19.1 Å². The predicted molar refractivity (Wildman–Crippen MR) is 90.6 cm³/mol. The summed E-state index contributed by atoms with van der Waals surface area (Å²) in [7, 11) is 1.61. The van der Waals surface area contributed by atoms with Crippen LogP contribution in [0.3, 0.4) is 0 Å². The Kier molecular flexibility index (Phi) is 6.63. The molecule has 2 rings (SSSR count). The standard InChI is InChI=1S/C19H23NO3/c1-23-18-9-5-6-15(12-18)13-19(22)20-14-17(10-11-21)16-7-3-2-4-8-16/h2-9,12,17,21H,10-11,13-14H2,1H3,(H,20,22). The zero-order valence-electron chi connectivity index (χ0n) is 13.4. The molecule has 4 heteroatoms. The van der Waals surface area contributed by atoms with Crippen LogP contribution in [0.2, 0.25) is 0 Å². The Morgan fingerprint density at radius 2 is 1.96 bits per heavy atom. The third-order valence-electron chi connectivity index (χ3n) is 3.79. The van der Waals surface area contributed by atoms with E-state index in [4.69, 9.17) is 4.74 Å². The molecule has 0 aliphatic heterocycles. The molecule has 0 aromatic heterocycles. The summed E-state index contributed by atoms with van der Waals surface area (Å²) in [6, 6.07) is 17.4. The molecule has 0 spiro atoms. The fourth-order valence-electron chi connectivity index (χ4n) is 2.53. The minimum atomic E-state index is -0.0304. The normalized spacial score (nSPS) is 11.7. The minimum Gasteiger partial charge on any atom is -0.497 e. The molecule has 1 unspecified atom stereocenters. The van der Waals surface area contributed by atoms with Crippen LogP contribution in [0.15, 0.2) is 54.6 Å². The molecule has 0 fully saturated rings. The first-order valence-electron chi connectivity index (χ1n) is 7.78. The van der Waals surface area contributed by atoms with Gasteiger partial charge < -0.3 is 15.2 Å². The lowest BCUT2D eigenvalue weighted by atomic mass is 9.96. The van der Waals surface area contributed by atoms with Crippen molar-refractivity contribution in [1.29, 1.82) is 0 Å². The molecule has 1 amide bonds. The molecule has 2 aromatic carbocycles. The van der Waals surface area contributed by atoms with Crippen LogP contribution in [0.1, 0.15) is 23.5 Å². The number of aliphatic hydroxyl groups is 1. The van der Waals surface area contributed by atoms with Gasteiger partial charge in [0.2, 0.25) is 5.91 Å². The van der Waals surface area contributed by atoms with E-state index in [9.17, 15) is 9.90 Å². The van der Waals surface area contributed by atoms with Gasteiger partial charge in [-0.25, -0.2) is 0 Å². The molecule has 0 aliphatic carbocycles. The van der Waals surface area contributed by atoms with Crippen molar-refractivity contribution < 1.29 is 14.6 Å². The maximum atomic E-state index is 12.1. The van der Waals surface area contributed by atoms with Crippen LogP contribution in [0, 0.1) is 0 Å². The van der Waals surface area contributed by atoms with E-state index in [0.29, 0.717) is 19.4 Å². The molecule has 2 N–H and O–H groups in total. The fraction of sp³-hybridized carbons (Fsp3) is 0.316. The van der Waals surface area contributed by atoms with Crippen LogP contribution >= 0.6 is 0 Å². The van der Waals surface area contributed by atoms with E-state index < -0.39 is 0 Å². The topological polar surface area (TPSA) is 58.6 Å². The number of methoxy groups -OCH3 is 1. The summed E-state index contributed by atoms with van der Waals surface area (Å²) in [5.41, 5.74) is 2.04. The number of nitrogens with one attached hydrogen (secondary N) is 1. The Morgan fingerprint density at radius 1 is 1.17 bits per heavy atom. The summed E-state index contributed by atoms with van der Waals surface area (Å²) in [4.78, 5) is 12.1. The van der Waals surface area contributed by atoms with E-state index in [1.807, 2.05) is 54.6 Å². The van der Waals surface area contributed by atoms with Crippen molar-refractivity contribution in [2.45, 2.75) is 18.8 Å². The molecule has 0 radical (unpaired) electrons. The fourth-order valence-corrected chi connectivity index (χ4v) is 2.53. The summed E-state index contributed by atoms with van der Waals surface area (Å²) in [5, 5.41) is 12.2. The first kappa shape index (κ1) is 17.0. The highest BCUT2D eigenvalue weighted by Gasteiger charge is 2.12. The molecule has 2 aromatic rings. The van der Waals surface area contributed by atoms with Gasteiger partial charge in [-0.1, -0.05) is 42.5 Å². The Bertz CT molecular complexity index is 613. The van der Waals surface area contributed by atoms with Gasteiger partial charge in [0.1, 0.15) is 5.75 Å². The zero-order chi connectivity index (χ0) is 16.5. The van der Waals surface area contributed by atoms with Crippen LogP contribution in [0.25, 0.3) is 0 Å². The molecular formula is C19H23NO3. The number of carbonyl (C=O) groups is 1. The average Bonchev–Trinajstić information content (AvgIpc) is 2.59. The third-order valence-corrected chi connectivity index (χ3v) is 3.79. The van der Waals surface area contributed by atoms with Crippen molar-refractivity contribution >= 4 is 5.91 Å². The molecule has 122 valence electrons. The molecule has 0 saturated carbocycles. The second-order valence-electron chi connectivity index (χ2n) is 5.45. The summed E-state index contributed by atoms with van der Waals surface area (Å²) in [6.45, 7) is 0.624. The Hall–Kier alpha value is -2.33. The van der Waals surface area contributed by atoms with Crippen LogP contribution in [0.5, 0.6) is 5.75 Å². The number of rotatable bonds is 8. The highest BCUT2D eigenvalue weighted by atomic mass is 16.5. The molecule has 0 aliphatic rings. The number of hydrogen-bond donors (Lipinski definition) is 2. The smallest absolute Gasteiger partial charge is 0.224 e. The highest BCUT2D eigenvalue weighted by molar-refractivity contribution is 5.78. The van der Waals surface area contributed by atoms with Crippen molar-refractivity contribution in [3.05, 3.63) is 65.7 Å². The van der Waals surface area contributed by atoms with Gasteiger partial charge in [0.15, 0.2) is 0 Å². The number of hydrogen-bond acceptors (Lipinski definition) is 3. The zero-order valence-corrected chi connectivity index (χ0v) is 13.4. The number of aliphatic hydroxyl groups excluding tert-OH is 1. The summed E-state index contributed by atoms with van der Waals surface area (Å²) in [6.07, 6.45) is 0.946. The Balaban J connectivity index is 1.91. The van der Waals surface area contributed by atoms with E-state index in [2.05, 4.69) is 5.32 Å². The Labute approximate surface area is 137 Å². The second-order valence-corrected chi connectivity index (χ2v) is 5.45. The molecular weight excluding hydrogens is 290 g/mol. The average molecular weight is 313 g/mol. The van der Waals surface area contributed by atoms with Gasteiger partial charge in [-0.2, -0.15) is 0 Å². The monoisotopic (exact) mass is 313 g/mol. The lowest BCUT2D eigenvalue weighted by molar-refractivity contribution is -0.120. The third kappa shape index (κ3) is 5.42. The predicted octanol–water partition coefficient (Wildman–Crippen LogP) is 2.52. The van der Waals surface area contributed by atoms with E-state index in [1.165, 1.54) is 0 Å². The molecule has 1 atom stereocenters. The van der Waals surface area contributed by atoms with Crippen molar-refractivity contribution in [3.8, 4) is 5.75 Å². The molecule has 0 saturated heterocycles. The number of carbonyl (C=O) groups excluding carboxylic acids is 1. The first-order chi connectivity index (χ1) is 11.2. The van der Waals surface area contributed by atoms with E-state index >= 15 is 0 Å². The summed E-state index contributed by atoms with van der Waals surface area (Å²) in [5.74, 6) is 0.838. The van der Waals surface area contributed by atoms with Gasteiger partial charge in [-0.15, -0.1) is 0 Å². The van der Waals surface area contributed by atoms with Crippen molar-refractivity contribution in [1.82, 2.24) is 5.32 Å². The second kappa shape index (κ2) is 8.96. The quantitative estimate of drug-likeness (QED) is 0.787. The largest absolute Gasteiger partial charge is 0.497 e. The van der Waals surface area contributed by atoms with E-state index in [0.717, 1.165) is 16.9 Å². The van der Waals surface area contributed by atoms with Crippen molar-refractivity contribution in [3.63, 3.8) is 0 Å². The van der Waals surface area contributed by atoms with Crippen LogP contribution in [-0.4, -0.2) is 31.3 Å². The molecule has 23 heavy (non-hydrogen) atoms. The number of benzene rings is 2. The van der Waals surface area contributed by atoms with Crippen molar-refractivity contribution in [2.75, 3.05) is 20.3 Å².